The van der Waals surface area contributed by atoms with Crippen molar-refractivity contribution in [2.24, 2.45) is 5.92 Å². The van der Waals surface area contributed by atoms with Gasteiger partial charge in [-0.2, -0.15) is 0 Å². The highest BCUT2D eigenvalue weighted by atomic mass is 15.3. The third kappa shape index (κ3) is 2.19. The van der Waals surface area contributed by atoms with Gasteiger partial charge in [-0.3, -0.25) is 4.90 Å². The monoisotopic (exact) mass is 248 g/mol. The van der Waals surface area contributed by atoms with Gasteiger partial charge in [0.05, 0.1) is 6.54 Å². The van der Waals surface area contributed by atoms with Gasteiger partial charge in [0, 0.05) is 37.6 Å². The number of aromatic nitrogens is 2. The quantitative estimate of drug-likeness (QED) is 0.860. The summed E-state index contributed by atoms with van der Waals surface area (Å²) in [6, 6.07) is 1.34. The average Bonchev–Trinajstić information content (AvgIpc) is 2.85. The molecule has 4 nitrogen and oxygen atoms in total. The summed E-state index contributed by atoms with van der Waals surface area (Å²) in [5, 5.41) is 3.52. The first kappa shape index (κ1) is 12.2. The van der Waals surface area contributed by atoms with E-state index in [-0.39, 0.29) is 0 Å². The molecule has 3 unspecified atom stereocenters. The number of rotatable bonds is 2. The molecule has 0 bridgehead atoms. The van der Waals surface area contributed by atoms with Crippen LogP contribution >= 0.6 is 0 Å². The standard InChI is InChI=1S/C14H24N4/c1-11-3-4-12(15-2)13(9-11)18-8-7-17-6-5-16-14(17)10-18/h5-6,11-13,15H,3-4,7-10H2,1-2H3. The molecule has 1 aromatic heterocycles. The van der Waals surface area contributed by atoms with Gasteiger partial charge in [0.25, 0.3) is 0 Å². The molecule has 0 saturated heterocycles. The molecule has 2 aliphatic rings. The van der Waals surface area contributed by atoms with E-state index in [1.165, 1.54) is 31.6 Å². The Morgan fingerprint density at radius 3 is 3.06 bits per heavy atom. The maximum absolute atomic E-state index is 4.47. The van der Waals surface area contributed by atoms with Gasteiger partial charge in [-0.25, -0.2) is 4.98 Å². The van der Waals surface area contributed by atoms with E-state index in [0.29, 0.717) is 12.1 Å². The summed E-state index contributed by atoms with van der Waals surface area (Å²) < 4.78 is 2.29. The number of imidazole rings is 1. The van der Waals surface area contributed by atoms with E-state index >= 15 is 0 Å². The van der Waals surface area contributed by atoms with Crippen LogP contribution in [0.15, 0.2) is 12.4 Å². The second-order valence-electron chi connectivity index (χ2n) is 5.89. The minimum Gasteiger partial charge on any atom is -0.333 e. The van der Waals surface area contributed by atoms with Crippen LogP contribution in [0.3, 0.4) is 0 Å². The molecule has 0 radical (unpaired) electrons. The lowest BCUT2D eigenvalue weighted by Gasteiger charge is -2.43. The van der Waals surface area contributed by atoms with Crippen molar-refractivity contribution < 1.29 is 0 Å². The maximum atomic E-state index is 4.47. The summed E-state index contributed by atoms with van der Waals surface area (Å²) >= 11 is 0. The fourth-order valence-corrected chi connectivity index (χ4v) is 3.57. The van der Waals surface area contributed by atoms with Gasteiger partial charge in [-0.1, -0.05) is 6.92 Å². The van der Waals surface area contributed by atoms with Crippen molar-refractivity contribution >= 4 is 0 Å². The molecule has 3 rings (SSSR count). The topological polar surface area (TPSA) is 33.1 Å². The van der Waals surface area contributed by atoms with E-state index in [1.807, 2.05) is 6.20 Å². The predicted octanol–water partition coefficient (Wildman–Crippen LogP) is 1.48. The van der Waals surface area contributed by atoms with Crippen molar-refractivity contribution in [3.63, 3.8) is 0 Å². The molecular formula is C14H24N4. The molecule has 1 fully saturated rings. The Bertz CT molecular complexity index is 400. The smallest absolute Gasteiger partial charge is 0.122 e. The van der Waals surface area contributed by atoms with Crippen LogP contribution in [0.1, 0.15) is 32.0 Å². The highest BCUT2D eigenvalue weighted by molar-refractivity contribution is 4.99. The molecule has 1 N–H and O–H groups in total. The third-order valence-corrected chi connectivity index (χ3v) is 4.69. The lowest BCUT2D eigenvalue weighted by molar-refractivity contribution is 0.0786. The summed E-state index contributed by atoms with van der Waals surface area (Å²) in [5.74, 6) is 2.09. The Hall–Kier alpha value is -0.870. The van der Waals surface area contributed by atoms with Crippen molar-refractivity contribution in [3.8, 4) is 0 Å². The van der Waals surface area contributed by atoms with Gasteiger partial charge in [0.1, 0.15) is 5.82 Å². The third-order valence-electron chi connectivity index (χ3n) is 4.69. The first-order valence-corrected chi connectivity index (χ1v) is 7.19. The molecule has 2 heterocycles. The van der Waals surface area contributed by atoms with Gasteiger partial charge in [0.2, 0.25) is 0 Å². The Labute approximate surface area is 109 Å². The fourth-order valence-electron chi connectivity index (χ4n) is 3.57. The van der Waals surface area contributed by atoms with E-state index < -0.39 is 0 Å². The molecule has 1 saturated carbocycles. The van der Waals surface area contributed by atoms with Crippen LogP contribution in [0.5, 0.6) is 0 Å². The molecule has 4 heteroatoms. The summed E-state index contributed by atoms with van der Waals surface area (Å²) in [5.41, 5.74) is 0. The second kappa shape index (κ2) is 5.02. The van der Waals surface area contributed by atoms with Gasteiger partial charge in [0.15, 0.2) is 0 Å². The van der Waals surface area contributed by atoms with Crippen LogP contribution in [0.25, 0.3) is 0 Å². The molecule has 18 heavy (non-hydrogen) atoms. The molecule has 0 spiro atoms. The zero-order valence-electron chi connectivity index (χ0n) is 11.5. The minimum absolute atomic E-state index is 0.655. The van der Waals surface area contributed by atoms with Gasteiger partial charge >= 0.3 is 0 Å². The SMILES string of the molecule is CNC1CCC(C)CC1N1CCn2ccnc2C1. The zero-order chi connectivity index (χ0) is 12.5. The Morgan fingerprint density at radius 1 is 1.33 bits per heavy atom. The molecule has 1 aromatic rings. The number of hydrogen-bond donors (Lipinski definition) is 1. The van der Waals surface area contributed by atoms with Crippen molar-refractivity contribution in [3.05, 3.63) is 18.2 Å². The number of fused-ring (bicyclic) bond motifs is 1. The van der Waals surface area contributed by atoms with Gasteiger partial charge in [-0.05, 0) is 32.2 Å². The van der Waals surface area contributed by atoms with E-state index in [2.05, 4.69) is 39.9 Å². The molecule has 0 amide bonds. The highest BCUT2D eigenvalue weighted by Crippen LogP contribution is 2.29. The lowest BCUT2D eigenvalue weighted by Crippen LogP contribution is -2.53. The Balaban J connectivity index is 1.74. The molecule has 0 aromatic carbocycles. The van der Waals surface area contributed by atoms with Crippen molar-refractivity contribution in [2.75, 3.05) is 13.6 Å². The highest BCUT2D eigenvalue weighted by Gasteiger charge is 2.33. The second-order valence-corrected chi connectivity index (χ2v) is 5.89. The van der Waals surface area contributed by atoms with Crippen molar-refractivity contribution in [1.29, 1.82) is 0 Å². The Kier molecular flexibility index (Phi) is 3.39. The van der Waals surface area contributed by atoms with Gasteiger partial charge in [-0.15, -0.1) is 0 Å². The molecule has 100 valence electrons. The Morgan fingerprint density at radius 2 is 2.22 bits per heavy atom. The molecular weight excluding hydrogens is 224 g/mol. The zero-order valence-corrected chi connectivity index (χ0v) is 11.5. The van der Waals surface area contributed by atoms with Gasteiger partial charge < -0.3 is 9.88 Å². The summed E-state index contributed by atoms with van der Waals surface area (Å²) in [4.78, 5) is 7.11. The number of hydrogen-bond acceptors (Lipinski definition) is 3. The maximum Gasteiger partial charge on any atom is 0.122 e. The summed E-state index contributed by atoms with van der Waals surface area (Å²) in [6.07, 6.45) is 8.04. The average molecular weight is 248 g/mol. The molecule has 1 aliphatic heterocycles. The van der Waals surface area contributed by atoms with Crippen LogP contribution < -0.4 is 5.32 Å². The summed E-state index contributed by atoms with van der Waals surface area (Å²) in [6.45, 7) is 5.67. The van der Waals surface area contributed by atoms with Crippen LogP contribution in [-0.2, 0) is 13.1 Å². The lowest BCUT2D eigenvalue weighted by atomic mass is 9.82. The van der Waals surface area contributed by atoms with E-state index in [9.17, 15) is 0 Å². The normalized spacial score (nSPS) is 33.3. The number of likely N-dealkylation sites (N-methyl/N-ethyl adjacent to an activating group) is 1. The van der Waals surface area contributed by atoms with E-state index in [4.69, 9.17) is 0 Å². The molecule has 3 atom stereocenters. The predicted molar refractivity (Wildman–Crippen MR) is 72.3 cm³/mol. The number of nitrogens with one attached hydrogen (secondary N) is 1. The first-order valence-electron chi connectivity index (χ1n) is 7.19. The minimum atomic E-state index is 0.655. The largest absolute Gasteiger partial charge is 0.333 e. The summed E-state index contributed by atoms with van der Waals surface area (Å²) in [7, 11) is 2.11. The van der Waals surface area contributed by atoms with Crippen molar-refractivity contribution in [2.45, 2.75) is 51.4 Å². The fraction of sp³-hybridized carbons (Fsp3) is 0.786. The van der Waals surface area contributed by atoms with Crippen molar-refractivity contribution in [1.82, 2.24) is 19.8 Å². The van der Waals surface area contributed by atoms with E-state index in [0.717, 1.165) is 19.0 Å². The molecule has 1 aliphatic carbocycles. The number of nitrogens with zero attached hydrogens (tertiary/aromatic N) is 3. The van der Waals surface area contributed by atoms with E-state index in [1.54, 1.807) is 0 Å². The first-order chi connectivity index (χ1) is 8.78. The van der Waals surface area contributed by atoms with Crippen LogP contribution in [0.4, 0.5) is 0 Å². The van der Waals surface area contributed by atoms with Crippen LogP contribution in [0.2, 0.25) is 0 Å². The van der Waals surface area contributed by atoms with Crippen LogP contribution in [-0.4, -0.2) is 40.1 Å². The van der Waals surface area contributed by atoms with Crippen LogP contribution in [0, 0.1) is 5.92 Å².